The molecule has 0 unspecified atom stereocenters. The Bertz CT molecular complexity index is 539. The van der Waals surface area contributed by atoms with Crippen molar-refractivity contribution >= 4 is 33.2 Å². The number of nitrogens with one attached hydrogen (secondary N) is 1. The second kappa shape index (κ2) is 5.42. The quantitative estimate of drug-likeness (QED) is 0.946. The topological polar surface area (TPSA) is 42.0 Å². The van der Waals surface area contributed by atoms with Crippen molar-refractivity contribution in [3.8, 4) is 0 Å². The summed E-state index contributed by atoms with van der Waals surface area (Å²) in [4.78, 5) is 18.2. The Morgan fingerprint density at radius 3 is 2.94 bits per heavy atom. The Hall–Kier alpha value is -1.20. The number of hydrogen-bond donors (Lipinski definition) is 1. The molecule has 17 heavy (non-hydrogen) atoms. The Balaban J connectivity index is 1.98. The van der Waals surface area contributed by atoms with Gasteiger partial charge in [0.25, 0.3) is 5.91 Å². The number of rotatable bonds is 3. The zero-order chi connectivity index (χ0) is 12.3. The molecule has 0 bridgehead atoms. The van der Waals surface area contributed by atoms with E-state index in [0.717, 1.165) is 9.35 Å². The van der Waals surface area contributed by atoms with Gasteiger partial charge in [0.2, 0.25) is 0 Å². The van der Waals surface area contributed by atoms with Gasteiger partial charge in [-0.15, -0.1) is 11.3 Å². The van der Waals surface area contributed by atoms with Crippen molar-refractivity contribution in [1.29, 1.82) is 0 Å². The van der Waals surface area contributed by atoms with Crippen LogP contribution in [0.3, 0.4) is 0 Å². The number of amides is 1. The predicted molar refractivity (Wildman–Crippen MR) is 72.2 cm³/mol. The molecule has 0 fully saturated rings. The van der Waals surface area contributed by atoms with Crippen molar-refractivity contribution in [3.05, 3.63) is 50.4 Å². The first-order valence-electron chi connectivity index (χ1n) is 5.09. The van der Waals surface area contributed by atoms with Crippen LogP contribution < -0.4 is 5.32 Å². The van der Waals surface area contributed by atoms with Gasteiger partial charge in [-0.25, -0.2) is 0 Å². The summed E-state index contributed by atoms with van der Waals surface area (Å²) in [5.41, 5.74) is 0.563. The van der Waals surface area contributed by atoms with Gasteiger partial charge in [-0.1, -0.05) is 0 Å². The summed E-state index contributed by atoms with van der Waals surface area (Å²) in [6, 6.07) is 5.83. The zero-order valence-corrected chi connectivity index (χ0v) is 11.6. The van der Waals surface area contributed by atoms with E-state index in [1.165, 1.54) is 4.88 Å². The summed E-state index contributed by atoms with van der Waals surface area (Å²) < 4.78 is 0.803. The molecule has 2 aromatic heterocycles. The van der Waals surface area contributed by atoms with Gasteiger partial charge in [-0.3, -0.25) is 9.78 Å². The Morgan fingerprint density at radius 1 is 1.47 bits per heavy atom. The van der Waals surface area contributed by atoms with Crippen LogP contribution in [0.25, 0.3) is 0 Å². The first-order chi connectivity index (χ1) is 8.15. The maximum absolute atomic E-state index is 11.8. The lowest BCUT2D eigenvalue weighted by molar-refractivity contribution is 0.0951. The fraction of sp³-hybridized carbons (Fsp3) is 0.167. The van der Waals surface area contributed by atoms with E-state index in [2.05, 4.69) is 26.2 Å². The summed E-state index contributed by atoms with van der Waals surface area (Å²) >= 11 is 4.98. The van der Waals surface area contributed by atoms with Crippen LogP contribution in [0.2, 0.25) is 0 Å². The van der Waals surface area contributed by atoms with Gasteiger partial charge in [0.1, 0.15) is 0 Å². The van der Waals surface area contributed by atoms with Gasteiger partial charge >= 0.3 is 0 Å². The van der Waals surface area contributed by atoms with E-state index in [0.29, 0.717) is 12.1 Å². The third kappa shape index (κ3) is 3.38. The number of carbonyl (C=O) groups is 1. The normalized spacial score (nSPS) is 10.2. The van der Waals surface area contributed by atoms with Crippen molar-refractivity contribution in [1.82, 2.24) is 10.3 Å². The second-order valence-corrected chi connectivity index (χ2v) is 5.87. The number of halogens is 1. The van der Waals surface area contributed by atoms with Gasteiger partial charge in [-0.05, 0) is 41.1 Å². The van der Waals surface area contributed by atoms with Crippen molar-refractivity contribution in [3.63, 3.8) is 0 Å². The predicted octanol–water partition coefficient (Wildman–Crippen LogP) is 3.14. The molecule has 2 aromatic rings. The Labute approximate surface area is 112 Å². The van der Waals surface area contributed by atoms with Gasteiger partial charge in [-0.2, -0.15) is 0 Å². The number of carbonyl (C=O) groups excluding carboxylic acids is 1. The molecular weight excluding hydrogens is 300 g/mol. The highest BCUT2D eigenvalue weighted by Crippen LogP contribution is 2.15. The molecular formula is C12H11BrN2OS. The molecule has 0 aliphatic heterocycles. The fourth-order valence-electron chi connectivity index (χ4n) is 1.39. The maximum atomic E-state index is 11.8. The molecule has 2 rings (SSSR count). The van der Waals surface area contributed by atoms with E-state index in [-0.39, 0.29) is 5.91 Å². The molecule has 0 aromatic carbocycles. The van der Waals surface area contributed by atoms with Crippen LogP contribution in [0, 0.1) is 6.92 Å². The lowest BCUT2D eigenvalue weighted by Gasteiger charge is -2.03. The summed E-state index contributed by atoms with van der Waals surface area (Å²) in [6.45, 7) is 2.61. The van der Waals surface area contributed by atoms with E-state index in [4.69, 9.17) is 0 Å². The molecule has 0 spiro atoms. The van der Waals surface area contributed by atoms with Gasteiger partial charge in [0.05, 0.1) is 12.1 Å². The van der Waals surface area contributed by atoms with E-state index in [1.54, 1.807) is 29.8 Å². The van der Waals surface area contributed by atoms with Crippen LogP contribution >= 0.6 is 27.3 Å². The zero-order valence-electron chi connectivity index (χ0n) is 9.24. The highest BCUT2D eigenvalue weighted by molar-refractivity contribution is 9.10. The third-order valence-electron chi connectivity index (χ3n) is 2.19. The van der Waals surface area contributed by atoms with Crippen LogP contribution in [0.4, 0.5) is 0 Å². The number of hydrogen-bond acceptors (Lipinski definition) is 3. The average molecular weight is 311 g/mol. The molecule has 0 radical (unpaired) electrons. The number of pyridine rings is 1. The standard InChI is InChI=1S/C12H11BrN2OS/c1-8-2-3-11(17-8)7-15-12(16)9-4-10(13)6-14-5-9/h2-6H,7H2,1H3,(H,15,16). The Kier molecular flexibility index (Phi) is 3.91. The lowest BCUT2D eigenvalue weighted by Crippen LogP contribution is -2.22. The molecule has 0 aliphatic carbocycles. The minimum atomic E-state index is -0.107. The van der Waals surface area contributed by atoms with Crippen molar-refractivity contribution in [2.24, 2.45) is 0 Å². The molecule has 0 aliphatic rings. The molecule has 0 saturated carbocycles. The lowest BCUT2D eigenvalue weighted by atomic mass is 10.2. The Morgan fingerprint density at radius 2 is 2.29 bits per heavy atom. The van der Waals surface area contributed by atoms with Gasteiger partial charge < -0.3 is 5.32 Å². The maximum Gasteiger partial charge on any atom is 0.253 e. The second-order valence-electron chi connectivity index (χ2n) is 3.59. The van der Waals surface area contributed by atoms with Crippen LogP contribution in [0.15, 0.2) is 35.1 Å². The average Bonchev–Trinajstić information content (AvgIpc) is 2.72. The molecule has 0 atom stereocenters. The van der Waals surface area contributed by atoms with Gasteiger partial charge in [0.15, 0.2) is 0 Å². The van der Waals surface area contributed by atoms with Crippen molar-refractivity contribution in [2.75, 3.05) is 0 Å². The highest BCUT2D eigenvalue weighted by atomic mass is 79.9. The first kappa shape index (κ1) is 12.3. The summed E-state index contributed by atoms with van der Waals surface area (Å²) in [5, 5.41) is 2.87. The van der Waals surface area contributed by atoms with Crippen molar-refractivity contribution < 1.29 is 4.79 Å². The van der Waals surface area contributed by atoms with Crippen LogP contribution in [-0.2, 0) is 6.54 Å². The molecule has 1 amide bonds. The fourth-order valence-corrected chi connectivity index (χ4v) is 2.58. The monoisotopic (exact) mass is 310 g/mol. The minimum Gasteiger partial charge on any atom is -0.347 e. The minimum absolute atomic E-state index is 0.107. The van der Waals surface area contributed by atoms with E-state index in [9.17, 15) is 4.79 Å². The third-order valence-corrected chi connectivity index (χ3v) is 3.62. The molecule has 1 N–H and O–H groups in total. The van der Waals surface area contributed by atoms with E-state index >= 15 is 0 Å². The van der Waals surface area contributed by atoms with Crippen molar-refractivity contribution in [2.45, 2.75) is 13.5 Å². The highest BCUT2D eigenvalue weighted by Gasteiger charge is 2.06. The molecule has 5 heteroatoms. The molecule has 2 heterocycles. The molecule has 0 saturated heterocycles. The number of nitrogens with zero attached hydrogens (tertiary/aromatic N) is 1. The number of thiophene rings is 1. The largest absolute Gasteiger partial charge is 0.347 e. The summed E-state index contributed by atoms with van der Waals surface area (Å²) in [6.07, 6.45) is 3.21. The van der Waals surface area contributed by atoms with E-state index < -0.39 is 0 Å². The summed E-state index contributed by atoms with van der Waals surface area (Å²) in [5.74, 6) is -0.107. The van der Waals surface area contributed by atoms with E-state index in [1.807, 2.05) is 19.1 Å². The van der Waals surface area contributed by atoms with Crippen LogP contribution in [-0.4, -0.2) is 10.9 Å². The first-order valence-corrected chi connectivity index (χ1v) is 6.70. The summed E-state index contributed by atoms with van der Waals surface area (Å²) in [7, 11) is 0. The van der Waals surface area contributed by atoms with Crippen LogP contribution in [0.5, 0.6) is 0 Å². The smallest absolute Gasteiger partial charge is 0.253 e. The van der Waals surface area contributed by atoms with Crippen LogP contribution in [0.1, 0.15) is 20.1 Å². The number of aromatic nitrogens is 1. The van der Waals surface area contributed by atoms with Gasteiger partial charge in [0, 0.05) is 26.6 Å². The number of aryl methyl sites for hydroxylation is 1. The molecule has 88 valence electrons. The SMILES string of the molecule is Cc1ccc(CNC(=O)c2cncc(Br)c2)s1. The molecule has 3 nitrogen and oxygen atoms in total.